The van der Waals surface area contributed by atoms with Crippen molar-refractivity contribution in [1.29, 1.82) is 0 Å². The number of hydrogen-bond acceptors (Lipinski definition) is 6. The van der Waals surface area contributed by atoms with E-state index < -0.39 is 27.7 Å². The van der Waals surface area contributed by atoms with Crippen molar-refractivity contribution in [1.82, 2.24) is 10.0 Å². The summed E-state index contributed by atoms with van der Waals surface area (Å²) in [5.41, 5.74) is -0.624. The molecule has 0 aliphatic heterocycles. The van der Waals surface area contributed by atoms with E-state index in [2.05, 4.69) is 10.0 Å². The van der Waals surface area contributed by atoms with E-state index >= 15 is 0 Å². The van der Waals surface area contributed by atoms with Crippen molar-refractivity contribution in [2.45, 2.75) is 37.0 Å². The number of carbonyl (C=O) groups is 2. The molecule has 0 spiro atoms. The van der Waals surface area contributed by atoms with Crippen LogP contribution in [-0.2, 0) is 26.0 Å². The van der Waals surface area contributed by atoms with E-state index in [9.17, 15) is 18.0 Å². The molecule has 0 fully saturated rings. The lowest BCUT2D eigenvalue weighted by atomic mass is 10.2. The van der Waals surface area contributed by atoms with Crippen LogP contribution in [0.15, 0.2) is 16.3 Å². The number of sulfonamides is 1. The average molecular weight is 364 g/mol. The molecule has 0 saturated heterocycles. The molecule has 1 aromatic heterocycles. The van der Waals surface area contributed by atoms with E-state index in [1.807, 2.05) is 0 Å². The Morgan fingerprint density at radius 3 is 2.48 bits per heavy atom. The van der Waals surface area contributed by atoms with Gasteiger partial charge in [-0.2, -0.15) is 0 Å². The average Bonchev–Trinajstić information content (AvgIpc) is 2.81. The molecular weight excluding hydrogens is 344 g/mol. The topological polar surface area (TPSA) is 122 Å². The molecule has 0 atom stereocenters. The Balaban J connectivity index is 2.46. The third kappa shape index (κ3) is 7.44. The Morgan fingerprint density at radius 1 is 1.26 bits per heavy atom. The number of carboxylic acid groups (broad SMARTS) is 1. The van der Waals surface area contributed by atoms with Crippen LogP contribution in [0, 0.1) is 0 Å². The largest absolute Gasteiger partial charge is 0.481 e. The first-order chi connectivity index (χ1) is 10.5. The summed E-state index contributed by atoms with van der Waals surface area (Å²) in [5.74, 6) is -1.02. The molecule has 1 amide bonds. The number of thiophene rings is 1. The second-order valence-electron chi connectivity index (χ2n) is 5.62. The van der Waals surface area contributed by atoms with E-state index in [1.165, 1.54) is 12.1 Å². The molecule has 1 rings (SSSR count). The minimum atomic E-state index is -3.72. The Bertz CT molecular complexity index is 660. The van der Waals surface area contributed by atoms with Crippen LogP contribution < -0.4 is 10.0 Å². The van der Waals surface area contributed by atoms with Gasteiger partial charge in [0.1, 0.15) is 9.81 Å². The SMILES string of the molecule is CC(C)(C)OC(=O)NCCNS(=O)(=O)c1ccc(CC(=O)O)s1. The molecule has 130 valence electrons. The predicted molar refractivity (Wildman–Crippen MR) is 85.1 cm³/mol. The lowest BCUT2D eigenvalue weighted by Gasteiger charge is -2.19. The fourth-order valence-electron chi connectivity index (χ4n) is 1.48. The van der Waals surface area contributed by atoms with Crippen LogP contribution in [0.5, 0.6) is 0 Å². The maximum atomic E-state index is 12.0. The van der Waals surface area contributed by atoms with Crippen molar-refractivity contribution in [3.63, 3.8) is 0 Å². The molecule has 0 radical (unpaired) electrons. The summed E-state index contributed by atoms with van der Waals surface area (Å²) in [7, 11) is -3.72. The van der Waals surface area contributed by atoms with Gasteiger partial charge in [0, 0.05) is 18.0 Å². The fraction of sp³-hybridized carbons (Fsp3) is 0.538. The van der Waals surface area contributed by atoms with Gasteiger partial charge >= 0.3 is 12.1 Å². The summed E-state index contributed by atoms with van der Waals surface area (Å²) in [6, 6.07) is 2.82. The van der Waals surface area contributed by atoms with Crippen molar-refractivity contribution in [2.24, 2.45) is 0 Å². The summed E-state index contributed by atoms with van der Waals surface area (Å²) >= 11 is 0.897. The molecule has 8 nitrogen and oxygen atoms in total. The fourth-order valence-corrected chi connectivity index (χ4v) is 3.91. The van der Waals surface area contributed by atoms with Crippen LogP contribution in [0.2, 0.25) is 0 Å². The highest BCUT2D eigenvalue weighted by molar-refractivity contribution is 7.91. The van der Waals surface area contributed by atoms with Crippen molar-refractivity contribution >= 4 is 33.4 Å². The van der Waals surface area contributed by atoms with Crippen molar-refractivity contribution in [3.05, 3.63) is 17.0 Å². The van der Waals surface area contributed by atoms with Crippen LogP contribution in [0.1, 0.15) is 25.6 Å². The van der Waals surface area contributed by atoms with Gasteiger partial charge in [-0.15, -0.1) is 11.3 Å². The summed E-state index contributed by atoms with van der Waals surface area (Å²) in [6.07, 6.45) is -0.850. The van der Waals surface area contributed by atoms with E-state index in [-0.39, 0.29) is 23.7 Å². The summed E-state index contributed by atoms with van der Waals surface area (Å²) in [4.78, 5) is 22.4. The molecule has 23 heavy (non-hydrogen) atoms. The van der Waals surface area contributed by atoms with Crippen LogP contribution in [0.4, 0.5) is 4.79 Å². The van der Waals surface area contributed by atoms with E-state index in [0.29, 0.717) is 4.88 Å². The molecule has 0 aliphatic rings. The summed E-state index contributed by atoms with van der Waals surface area (Å²) < 4.78 is 31.4. The standard InChI is InChI=1S/C13H20N2O6S2/c1-13(2,3)21-12(18)14-6-7-15-23(19,20)11-5-4-9(22-11)8-10(16)17/h4-5,15H,6-8H2,1-3H3,(H,14,18)(H,16,17). The number of aliphatic carboxylic acids is 1. The van der Waals surface area contributed by atoms with Crippen LogP contribution >= 0.6 is 11.3 Å². The summed E-state index contributed by atoms with van der Waals surface area (Å²) in [5, 5.41) is 11.1. The highest BCUT2D eigenvalue weighted by atomic mass is 32.2. The first-order valence-corrected chi connectivity index (χ1v) is 9.06. The predicted octanol–water partition coefficient (Wildman–Crippen LogP) is 1.18. The third-order valence-electron chi connectivity index (χ3n) is 2.31. The molecular formula is C13H20N2O6S2. The lowest BCUT2D eigenvalue weighted by molar-refractivity contribution is -0.136. The maximum Gasteiger partial charge on any atom is 0.407 e. The minimum absolute atomic E-state index is 0.00621. The van der Waals surface area contributed by atoms with Crippen molar-refractivity contribution in [2.75, 3.05) is 13.1 Å². The Kier molecular flexibility index (Phi) is 6.54. The van der Waals surface area contributed by atoms with Gasteiger partial charge in [0.05, 0.1) is 6.42 Å². The molecule has 0 saturated carbocycles. The second-order valence-corrected chi connectivity index (χ2v) is 8.78. The number of nitrogens with one attached hydrogen (secondary N) is 2. The summed E-state index contributed by atoms with van der Waals surface area (Å²) in [6.45, 7) is 5.23. The maximum absolute atomic E-state index is 12.0. The number of rotatable bonds is 7. The monoisotopic (exact) mass is 364 g/mol. The highest BCUT2D eigenvalue weighted by Crippen LogP contribution is 2.21. The van der Waals surface area contributed by atoms with Gasteiger partial charge in [0.15, 0.2) is 0 Å². The van der Waals surface area contributed by atoms with E-state index in [1.54, 1.807) is 20.8 Å². The number of ether oxygens (including phenoxy) is 1. The van der Waals surface area contributed by atoms with Crippen molar-refractivity contribution in [3.8, 4) is 0 Å². The molecule has 0 aromatic carbocycles. The molecule has 10 heteroatoms. The van der Waals surface area contributed by atoms with Crippen LogP contribution in [0.25, 0.3) is 0 Å². The number of carbonyl (C=O) groups excluding carboxylic acids is 1. The molecule has 3 N–H and O–H groups in total. The highest BCUT2D eigenvalue weighted by Gasteiger charge is 2.18. The van der Waals surface area contributed by atoms with Gasteiger partial charge in [-0.25, -0.2) is 17.9 Å². The van der Waals surface area contributed by atoms with Crippen LogP contribution in [-0.4, -0.2) is 44.3 Å². The van der Waals surface area contributed by atoms with Gasteiger partial charge in [-0.1, -0.05) is 0 Å². The van der Waals surface area contributed by atoms with E-state index in [4.69, 9.17) is 9.84 Å². The zero-order valence-electron chi connectivity index (χ0n) is 13.1. The van der Waals surface area contributed by atoms with Gasteiger partial charge in [0.2, 0.25) is 10.0 Å². The van der Waals surface area contributed by atoms with Gasteiger partial charge in [-0.05, 0) is 32.9 Å². The Hall–Kier alpha value is -1.65. The third-order valence-corrected chi connectivity index (χ3v) is 5.35. The molecule has 0 bridgehead atoms. The van der Waals surface area contributed by atoms with Gasteiger partial charge in [0.25, 0.3) is 0 Å². The van der Waals surface area contributed by atoms with Crippen molar-refractivity contribution < 1.29 is 27.9 Å². The van der Waals surface area contributed by atoms with Crippen LogP contribution in [0.3, 0.4) is 0 Å². The number of alkyl carbamates (subject to hydrolysis) is 1. The minimum Gasteiger partial charge on any atom is -0.481 e. The Labute approximate surface area is 138 Å². The number of carboxylic acids is 1. The van der Waals surface area contributed by atoms with E-state index in [0.717, 1.165) is 11.3 Å². The molecule has 1 heterocycles. The first kappa shape index (κ1) is 19.4. The zero-order valence-corrected chi connectivity index (χ0v) is 14.7. The van der Waals surface area contributed by atoms with Gasteiger partial charge < -0.3 is 15.2 Å². The first-order valence-electron chi connectivity index (χ1n) is 6.76. The lowest BCUT2D eigenvalue weighted by Crippen LogP contribution is -2.37. The smallest absolute Gasteiger partial charge is 0.407 e. The second kappa shape index (κ2) is 7.75. The molecule has 0 aliphatic carbocycles. The quantitative estimate of drug-likeness (QED) is 0.625. The number of amides is 1. The Morgan fingerprint density at radius 2 is 1.91 bits per heavy atom. The molecule has 0 unspecified atom stereocenters. The van der Waals surface area contributed by atoms with Gasteiger partial charge in [-0.3, -0.25) is 4.79 Å². The number of hydrogen-bond donors (Lipinski definition) is 3. The zero-order chi connectivity index (χ0) is 17.7. The molecule has 1 aromatic rings. The normalized spacial score (nSPS) is 12.0.